The number of nitro benzene ring substituents is 1. The second-order valence-electron chi connectivity index (χ2n) is 4.62. The third-order valence-corrected chi connectivity index (χ3v) is 3.32. The average Bonchev–Trinajstić information content (AvgIpc) is 2.46. The molecule has 1 N–H and O–H groups in total. The van der Waals surface area contributed by atoms with Gasteiger partial charge in [0, 0.05) is 29.9 Å². The summed E-state index contributed by atoms with van der Waals surface area (Å²) in [5.41, 5.74) is 0.776. The lowest BCUT2D eigenvalue weighted by Crippen LogP contribution is -2.48. The monoisotopic (exact) mass is 280 g/mol. The minimum Gasteiger partial charge on any atom is -0.394 e. The van der Waals surface area contributed by atoms with Crippen molar-refractivity contribution < 1.29 is 19.6 Å². The van der Waals surface area contributed by atoms with Crippen LogP contribution in [0.4, 0.5) is 11.4 Å². The number of morpholine rings is 1. The fourth-order valence-corrected chi connectivity index (χ4v) is 2.29. The largest absolute Gasteiger partial charge is 0.394 e. The average molecular weight is 280 g/mol. The van der Waals surface area contributed by atoms with E-state index in [9.17, 15) is 20.0 Å². The molecule has 0 aromatic heterocycles. The van der Waals surface area contributed by atoms with Crippen molar-refractivity contribution in [3.8, 4) is 0 Å². The molecule has 1 atom stereocenters. The molecular formula is C13H16N2O5. The maximum Gasteiger partial charge on any atom is 0.270 e. The zero-order valence-electron chi connectivity index (χ0n) is 11.1. The van der Waals surface area contributed by atoms with E-state index < -0.39 is 4.92 Å². The van der Waals surface area contributed by atoms with Gasteiger partial charge in [-0.05, 0) is 13.0 Å². The molecule has 0 radical (unpaired) electrons. The van der Waals surface area contributed by atoms with E-state index in [0.29, 0.717) is 31.0 Å². The topological polar surface area (TPSA) is 92.9 Å². The van der Waals surface area contributed by atoms with Crippen LogP contribution in [0.5, 0.6) is 0 Å². The standard InChI is InChI=1S/C13H16N2O5/c1-9(17)12-6-10(15(18)19)2-3-13(12)14-4-5-20-8-11(14)7-16/h2-3,6,11,16H,4-5,7-8H2,1H3. The van der Waals surface area contributed by atoms with Gasteiger partial charge in [-0.15, -0.1) is 0 Å². The lowest BCUT2D eigenvalue weighted by atomic mass is 10.1. The molecule has 0 spiro atoms. The number of rotatable bonds is 4. The van der Waals surface area contributed by atoms with E-state index in [-0.39, 0.29) is 24.1 Å². The van der Waals surface area contributed by atoms with Crippen molar-refractivity contribution in [2.75, 3.05) is 31.3 Å². The number of non-ortho nitro benzene ring substituents is 1. The molecule has 2 rings (SSSR count). The summed E-state index contributed by atoms with van der Waals surface area (Å²) in [4.78, 5) is 23.9. The number of benzene rings is 1. The van der Waals surface area contributed by atoms with Gasteiger partial charge in [0.1, 0.15) is 0 Å². The van der Waals surface area contributed by atoms with Crippen LogP contribution in [0.15, 0.2) is 18.2 Å². The molecule has 7 nitrogen and oxygen atoms in total. The SMILES string of the molecule is CC(=O)c1cc([N+](=O)[O-])ccc1N1CCOCC1CO. The highest BCUT2D eigenvalue weighted by molar-refractivity contribution is 6.00. The molecule has 0 bridgehead atoms. The van der Waals surface area contributed by atoms with Crippen LogP contribution >= 0.6 is 0 Å². The first-order chi connectivity index (χ1) is 9.54. The third kappa shape index (κ3) is 2.78. The number of hydrogen-bond donors (Lipinski definition) is 1. The highest BCUT2D eigenvalue weighted by Crippen LogP contribution is 2.28. The Kier molecular flexibility index (Phi) is 4.31. The highest BCUT2D eigenvalue weighted by atomic mass is 16.6. The summed E-state index contributed by atoms with van der Waals surface area (Å²) in [6, 6.07) is 3.96. The summed E-state index contributed by atoms with van der Waals surface area (Å²) in [6.45, 7) is 2.66. The third-order valence-electron chi connectivity index (χ3n) is 3.32. The molecule has 0 aliphatic carbocycles. The Bertz CT molecular complexity index is 531. The normalized spacial score (nSPS) is 18.9. The second kappa shape index (κ2) is 5.98. The predicted molar refractivity (Wildman–Crippen MR) is 72.1 cm³/mol. The number of ether oxygens (including phenoxy) is 1. The van der Waals surface area contributed by atoms with Gasteiger partial charge >= 0.3 is 0 Å². The number of hydrogen-bond acceptors (Lipinski definition) is 6. The summed E-state index contributed by atoms with van der Waals surface area (Å²) in [7, 11) is 0. The highest BCUT2D eigenvalue weighted by Gasteiger charge is 2.26. The molecule has 0 saturated carbocycles. The Labute approximate surface area is 115 Å². The fourth-order valence-electron chi connectivity index (χ4n) is 2.29. The van der Waals surface area contributed by atoms with Crippen molar-refractivity contribution in [2.24, 2.45) is 0 Å². The van der Waals surface area contributed by atoms with Crippen molar-refractivity contribution in [1.29, 1.82) is 0 Å². The predicted octanol–water partition coefficient (Wildman–Crippen LogP) is 0.995. The molecule has 20 heavy (non-hydrogen) atoms. The van der Waals surface area contributed by atoms with Gasteiger partial charge in [-0.1, -0.05) is 0 Å². The molecule has 1 aliphatic rings. The van der Waals surface area contributed by atoms with Gasteiger partial charge in [0.15, 0.2) is 5.78 Å². The molecule has 7 heteroatoms. The van der Waals surface area contributed by atoms with Gasteiger partial charge in [-0.25, -0.2) is 0 Å². The lowest BCUT2D eigenvalue weighted by Gasteiger charge is -2.37. The Morgan fingerprint density at radius 1 is 1.60 bits per heavy atom. The van der Waals surface area contributed by atoms with Crippen molar-refractivity contribution in [3.63, 3.8) is 0 Å². The summed E-state index contributed by atoms with van der Waals surface area (Å²) in [5.74, 6) is -0.244. The molecular weight excluding hydrogens is 264 g/mol. The molecule has 108 valence electrons. The van der Waals surface area contributed by atoms with Crippen LogP contribution in [0.1, 0.15) is 17.3 Å². The van der Waals surface area contributed by atoms with Crippen LogP contribution in [0, 0.1) is 10.1 Å². The molecule has 1 aromatic rings. The van der Waals surface area contributed by atoms with Gasteiger partial charge in [-0.3, -0.25) is 14.9 Å². The summed E-state index contributed by atoms with van der Waals surface area (Å²) >= 11 is 0. The molecule has 1 fully saturated rings. The van der Waals surface area contributed by atoms with Gasteiger partial charge in [0.2, 0.25) is 0 Å². The summed E-state index contributed by atoms with van der Waals surface area (Å²) in [5, 5.41) is 20.2. The number of anilines is 1. The first-order valence-corrected chi connectivity index (χ1v) is 6.29. The van der Waals surface area contributed by atoms with Gasteiger partial charge in [0.25, 0.3) is 5.69 Å². The van der Waals surface area contributed by atoms with E-state index >= 15 is 0 Å². The van der Waals surface area contributed by atoms with E-state index in [4.69, 9.17) is 4.74 Å². The van der Waals surface area contributed by atoms with Crippen LogP contribution in [0.2, 0.25) is 0 Å². The molecule has 0 amide bonds. The van der Waals surface area contributed by atoms with E-state index in [2.05, 4.69) is 0 Å². The molecule has 1 unspecified atom stereocenters. The van der Waals surface area contributed by atoms with E-state index in [1.54, 1.807) is 6.07 Å². The zero-order chi connectivity index (χ0) is 14.7. The Hall–Kier alpha value is -1.99. The summed E-state index contributed by atoms with van der Waals surface area (Å²) < 4.78 is 5.29. The molecule has 1 saturated heterocycles. The van der Waals surface area contributed by atoms with Crippen molar-refractivity contribution in [2.45, 2.75) is 13.0 Å². The van der Waals surface area contributed by atoms with Gasteiger partial charge in [0.05, 0.1) is 30.8 Å². The maximum absolute atomic E-state index is 11.7. The number of nitro groups is 1. The van der Waals surface area contributed by atoms with Crippen molar-refractivity contribution in [1.82, 2.24) is 0 Å². The Morgan fingerprint density at radius 2 is 2.35 bits per heavy atom. The van der Waals surface area contributed by atoms with Gasteiger partial charge < -0.3 is 14.7 Å². The minimum absolute atomic E-state index is 0.103. The number of aliphatic hydroxyl groups excluding tert-OH is 1. The maximum atomic E-state index is 11.7. The van der Waals surface area contributed by atoms with Crippen molar-refractivity contribution >= 4 is 17.2 Å². The van der Waals surface area contributed by atoms with E-state index in [1.807, 2.05) is 4.90 Å². The number of ketones is 1. The van der Waals surface area contributed by atoms with Gasteiger partial charge in [-0.2, -0.15) is 0 Å². The number of carbonyl (C=O) groups excluding carboxylic acids is 1. The lowest BCUT2D eigenvalue weighted by molar-refractivity contribution is -0.384. The summed E-state index contributed by atoms with van der Waals surface area (Å²) in [6.07, 6.45) is 0. The minimum atomic E-state index is -0.529. The first-order valence-electron chi connectivity index (χ1n) is 6.29. The quantitative estimate of drug-likeness (QED) is 0.502. The zero-order valence-corrected chi connectivity index (χ0v) is 11.1. The number of Topliss-reactive ketones (excluding diaryl/α,β-unsaturated/α-hetero) is 1. The van der Waals surface area contributed by atoms with Crippen LogP contribution in [-0.4, -0.2) is 48.2 Å². The molecule has 1 aromatic carbocycles. The van der Waals surface area contributed by atoms with Crippen LogP contribution in [-0.2, 0) is 4.74 Å². The fraction of sp³-hybridized carbons (Fsp3) is 0.462. The van der Waals surface area contributed by atoms with Crippen molar-refractivity contribution in [3.05, 3.63) is 33.9 Å². The Morgan fingerprint density at radius 3 is 2.95 bits per heavy atom. The van der Waals surface area contributed by atoms with E-state index in [1.165, 1.54) is 19.1 Å². The number of carbonyl (C=O) groups is 1. The molecule has 1 aliphatic heterocycles. The number of aliphatic hydroxyl groups is 1. The van der Waals surface area contributed by atoms with Crippen LogP contribution in [0.25, 0.3) is 0 Å². The molecule has 1 heterocycles. The Balaban J connectivity index is 2.44. The smallest absolute Gasteiger partial charge is 0.270 e. The number of nitrogens with zero attached hydrogens (tertiary/aromatic N) is 2. The van der Waals surface area contributed by atoms with E-state index in [0.717, 1.165) is 0 Å². The second-order valence-corrected chi connectivity index (χ2v) is 4.62. The first kappa shape index (κ1) is 14.4. The van der Waals surface area contributed by atoms with Crippen LogP contribution < -0.4 is 4.90 Å². The van der Waals surface area contributed by atoms with Crippen LogP contribution in [0.3, 0.4) is 0 Å².